The van der Waals surface area contributed by atoms with Crippen molar-refractivity contribution in [1.29, 1.82) is 0 Å². The molecule has 3 nitrogen and oxygen atoms in total. The Kier molecular flexibility index (Phi) is 6.23. The second-order valence-corrected chi connectivity index (χ2v) is 8.23. The van der Waals surface area contributed by atoms with Crippen LogP contribution in [0.1, 0.15) is 43.9 Å². The van der Waals surface area contributed by atoms with Gasteiger partial charge in [-0.15, -0.1) is 11.3 Å². The Morgan fingerprint density at radius 3 is 2.38 bits per heavy atom. The quantitative estimate of drug-likeness (QED) is 0.814. The van der Waals surface area contributed by atoms with Crippen molar-refractivity contribution in [3.63, 3.8) is 0 Å². The Hall–Kier alpha value is -0.420. The second-order valence-electron chi connectivity index (χ2n) is 6.98. The van der Waals surface area contributed by atoms with Gasteiger partial charge >= 0.3 is 0 Å². The zero-order chi connectivity index (χ0) is 15.3. The molecule has 1 aliphatic heterocycles. The van der Waals surface area contributed by atoms with Gasteiger partial charge in [0.2, 0.25) is 0 Å². The van der Waals surface area contributed by atoms with Gasteiger partial charge in [-0.2, -0.15) is 0 Å². The summed E-state index contributed by atoms with van der Waals surface area (Å²) in [5.74, 6) is 0. The van der Waals surface area contributed by atoms with E-state index in [0.717, 1.165) is 19.6 Å². The van der Waals surface area contributed by atoms with Crippen molar-refractivity contribution in [2.75, 3.05) is 32.7 Å². The Morgan fingerprint density at radius 1 is 1.10 bits per heavy atom. The van der Waals surface area contributed by atoms with Crippen molar-refractivity contribution in [1.82, 2.24) is 15.1 Å². The average Bonchev–Trinajstić information content (AvgIpc) is 2.86. The smallest absolute Gasteiger partial charge is 0.0329 e. The lowest BCUT2D eigenvalue weighted by atomic mass is 10.1. The zero-order valence-electron chi connectivity index (χ0n) is 14.1. The van der Waals surface area contributed by atoms with Crippen LogP contribution in [0.2, 0.25) is 0 Å². The van der Waals surface area contributed by atoms with Crippen LogP contribution in [0.5, 0.6) is 0 Å². The first kappa shape index (κ1) is 16.9. The first-order chi connectivity index (χ1) is 9.99. The first-order valence-corrected chi connectivity index (χ1v) is 9.06. The van der Waals surface area contributed by atoms with Crippen LogP contribution in [0.4, 0.5) is 0 Å². The topological polar surface area (TPSA) is 18.5 Å². The molecule has 0 aliphatic carbocycles. The molecule has 1 N–H and O–H groups in total. The number of nitrogens with zero attached hydrogens (tertiary/aromatic N) is 2. The van der Waals surface area contributed by atoms with Crippen LogP contribution in [0.3, 0.4) is 0 Å². The molecular formula is C17H31N3S. The molecule has 0 aromatic carbocycles. The van der Waals surface area contributed by atoms with Crippen molar-refractivity contribution in [2.45, 2.75) is 52.7 Å². The fourth-order valence-electron chi connectivity index (χ4n) is 2.79. The van der Waals surface area contributed by atoms with E-state index in [2.05, 4.69) is 54.9 Å². The lowest BCUT2D eigenvalue weighted by Crippen LogP contribution is -2.53. The van der Waals surface area contributed by atoms with Gasteiger partial charge in [0.1, 0.15) is 0 Å². The van der Waals surface area contributed by atoms with Crippen LogP contribution < -0.4 is 5.32 Å². The summed E-state index contributed by atoms with van der Waals surface area (Å²) in [6.07, 6.45) is 1.20. The fraction of sp³-hybridized carbons (Fsp3) is 0.765. The lowest BCUT2D eigenvalue weighted by molar-refractivity contribution is 0.0595. The highest BCUT2D eigenvalue weighted by Gasteiger charge is 2.25. The highest BCUT2D eigenvalue weighted by Crippen LogP contribution is 2.21. The Morgan fingerprint density at radius 2 is 1.76 bits per heavy atom. The molecule has 21 heavy (non-hydrogen) atoms. The van der Waals surface area contributed by atoms with Gasteiger partial charge in [0.25, 0.3) is 0 Å². The van der Waals surface area contributed by atoms with E-state index in [1.165, 1.54) is 42.4 Å². The number of piperazine rings is 1. The van der Waals surface area contributed by atoms with Gasteiger partial charge < -0.3 is 5.32 Å². The van der Waals surface area contributed by atoms with Gasteiger partial charge in [-0.3, -0.25) is 9.80 Å². The van der Waals surface area contributed by atoms with Crippen molar-refractivity contribution in [2.24, 2.45) is 0 Å². The Balaban J connectivity index is 1.76. The molecule has 0 amide bonds. The normalized spacial score (nSPS) is 18.3. The summed E-state index contributed by atoms with van der Waals surface area (Å²) in [7, 11) is 0. The van der Waals surface area contributed by atoms with Crippen molar-refractivity contribution in [3.8, 4) is 0 Å². The minimum atomic E-state index is 0.313. The van der Waals surface area contributed by atoms with Crippen LogP contribution >= 0.6 is 11.3 Å². The van der Waals surface area contributed by atoms with Gasteiger partial charge in [0, 0.05) is 54.6 Å². The molecule has 120 valence electrons. The minimum Gasteiger partial charge on any atom is -0.312 e. The van der Waals surface area contributed by atoms with Crippen LogP contribution in [0, 0.1) is 0 Å². The maximum Gasteiger partial charge on any atom is 0.0329 e. The van der Waals surface area contributed by atoms with Gasteiger partial charge in [0.05, 0.1) is 0 Å². The largest absolute Gasteiger partial charge is 0.312 e. The molecule has 0 atom stereocenters. The van der Waals surface area contributed by atoms with E-state index in [0.29, 0.717) is 5.54 Å². The number of nitrogens with one attached hydrogen (secondary N) is 1. The first-order valence-electron chi connectivity index (χ1n) is 8.24. The second kappa shape index (κ2) is 7.73. The lowest BCUT2D eigenvalue weighted by Gasteiger charge is -2.42. The predicted molar refractivity (Wildman–Crippen MR) is 92.9 cm³/mol. The molecular weight excluding hydrogens is 278 g/mol. The summed E-state index contributed by atoms with van der Waals surface area (Å²) >= 11 is 1.97. The van der Waals surface area contributed by atoms with E-state index >= 15 is 0 Å². The molecule has 1 aromatic rings. The summed E-state index contributed by atoms with van der Waals surface area (Å²) < 4.78 is 0. The maximum atomic E-state index is 3.48. The molecule has 1 aromatic heterocycles. The third-order valence-electron chi connectivity index (χ3n) is 4.14. The van der Waals surface area contributed by atoms with Crippen molar-refractivity contribution in [3.05, 3.63) is 21.9 Å². The molecule has 2 rings (SSSR count). The number of rotatable bonds is 6. The average molecular weight is 310 g/mol. The van der Waals surface area contributed by atoms with Crippen LogP contribution in [-0.2, 0) is 13.1 Å². The molecule has 1 fully saturated rings. The zero-order valence-corrected chi connectivity index (χ0v) is 14.9. The van der Waals surface area contributed by atoms with Gasteiger partial charge in [0.15, 0.2) is 0 Å². The molecule has 1 saturated heterocycles. The summed E-state index contributed by atoms with van der Waals surface area (Å²) in [6.45, 7) is 17.2. The van der Waals surface area contributed by atoms with Crippen LogP contribution in [-0.4, -0.2) is 48.1 Å². The molecule has 0 spiro atoms. The van der Waals surface area contributed by atoms with E-state index in [9.17, 15) is 0 Å². The fourth-order valence-corrected chi connectivity index (χ4v) is 3.82. The molecule has 1 aliphatic rings. The van der Waals surface area contributed by atoms with E-state index in [1.807, 2.05) is 11.3 Å². The molecule has 0 bridgehead atoms. The minimum absolute atomic E-state index is 0.313. The van der Waals surface area contributed by atoms with E-state index in [1.54, 1.807) is 0 Å². The van der Waals surface area contributed by atoms with E-state index < -0.39 is 0 Å². The third-order valence-corrected chi connectivity index (χ3v) is 5.21. The Bertz CT molecular complexity index is 414. The summed E-state index contributed by atoms with van der Waals surface area (Å²) in [5, 5.41) is 3.48. The molecule has 0 unspecified atom stereocenters. The molecule has 2 heterocycles. The van der Waals surface area contributed by atoms with Gasteiger partial charge in [-0.05, 0) is 45.9 Å². The summed E-state index contributed by atoms with van der Waals surface area (Å²) in [4.78, 5) is 8.16. The molecule has 4 heteroatoms. The van der Waals surface area contributed by atoms with E-state index in [-0.39, 0.29) is 0 Å². The van der Waals surface area contributed by atoms with Gasteiger partial charge in [-0.25, -0.2) is 0 Å². The van der Waals surface area contributed by atoms with Crippen LogP contribution in [0.15, 0.2) is 12.1 Å². The third kappa shape index (κ3) is 5.37. The SMILES string of the molecule is CCCNCc1ccc(CN2CCN(C(C)(C)C)CC2)s1. The standard InChI is InChI=1S/C17H31N3S/c1-5-8-18-13-15-6-7-16(21-15)14-19-9-11-20(12-10-19)17(2,3)4/h6-7,18H,5,8-14H2,1-4H3. The van der Waals surface area contributed by atoms with E-state index in [4.69, 9.17) is 0 Å². The molecule has 0 radical (unpaired) electrons. The highest BCUT2D eigenvalue weighted by atomic mass is 32.1. The van der Waals surface area contributed by atoms with Crippen LogP contribution in [0.25, 0.3) is 0 Å². The van der Waals surface area contributed by atoms with Crippen molar-refractivity contribution >= 4 is 11.3 Å². The molecule has 0 saturated carbocycles. The monoisotopic (exact) mass is 309 g/mol. The van der Waals surface area contributed by atoms with Crippen molar-refractivity contribution < 1.29 is 0 Å². The number of thiophene rings is 1. The number of hydrogen-bond donors (Lipinski definition) is 1. The summed E-state index contributed by atoms with van der Waals surface area (Å²) in [6, 6.07) is 4.60. The Labute approximate surface area is 134 Å². The number of hydrogen-bond acceptors (Lipinski definition) is 4. The highest BCUT2D eigenvalue weighted by molar-refractivity contribution is 7.11. The van der Waals surface area contributed by atoms with Gasteiger partial charge in [-0.1, -0.05) is 6.92 Å². The maximum absolute atomic E-state index is 3.48. The summed E-state index contributed by atoms with van der Waals surface area (Å²) in [5.41, 5.74) is 0.313. The predicted octanol–water partition coefficient (Wildman–Crippen LogP) is 3.16.